The minimum atomic E-state index is -0.612. The molecule has 0 radical (unpaired) electrons. The van der Waals surface area contributed by atoms with Crippen molar-refractivity contribution in [3.8, 4) is 0 Å². The Balaban J connectivity index is 1.62. The van der Waals surface area contributed by atoms with E-state index in [2.05, 4.69) is 20.4 Å². The minimum absolute atomic E-state index is 0.122. The van der Waals surface area contributed by atoms with E-state index < -0.39 is 5.54 Å². The molecule has 0 aliphatic carbocycles. The maximum atomic E-state index is 12.5. The second-order valence-corrected chi connectivity index (χ2v) is 8.07. The lowest BCUT2D eigenvalue weighted by Gasteiger charge is -2.26. The molecule has 1 aliphatic rings. The van der Waals surface area contributed by atoms with Crippen LogP contribution >= 0.6 is 11.3 Å². The SMILES string of the molecule is CC(C)(NC(=O)c1ccc(CN2CCCCC2)cc1)c1nnc(N)s1. The van der Waals surface area contributed by atoms with Gasteiger partial charge in [-0.25, -0.2) is 0 Å². The molecule has 7 heteroatoms. The summed E-state index contributed by atoms with van der Waals surface area (Å²) in [5.74, 6) is -0.122. The third kappa shape index (κ3) is 4.55. The minimum Gasteiger partial charge on any atom is -0.374 e. The van der Waals surface area contributed by atoms with E-state index in [4.69, 9.17) is 5.73 Å². The number of nitrogens with two attached hydrogens (primary N) is 1. The van der Waals surface area contributed by atoms with Crippen LogP contribution in [0.2, 0.25) is 0 Å². The Bertz CT molecular complexity index is 719. The molecule has 2 aromatic rings. The quantitative estimate of drug-likeness (QED) is 0.857. The normalized spacial score (nSPS) is 15.9. The predicted molar refractivity (Wildman–Crippen MR) is 100 cm³/mol. The Kier molecular flexibility index (Phi) is 5.34. The number of rotatable bonds is 5. The highest BCUT2D eigenvalue weighted by molar-refractivity contribution is 7.15. The topological polar surface area (TPSA) is 84.1 Å². The van der Waals surface area contributed by atoms with Gasteiger partial charge in [-0.1, -0.05) is 29.9 Å². The lowest BCUT2D eigenvalue weighted by atomic mass is 10.0. The summed E-state index contributed by atoms with van der Waals surface area (Å²) in [5, 5.41) is 12.0. The smallest absolute Gasteiger partial charge is 0.252 e. The average molecular weight is 359 g/mol. The van der Waals surface area contributed by atoms with E-state index in [1.807, 2.05) is 38.1 Å². The number of benzene rings is 1. The number of hydrogen-bond donors (Lipinski definition) is 2. The summed E-state index contributed by atoms with van der Waals surface area (Å²) in [6.07, 6.45) is 3.91. The number of hydrogen-bond acceptors (Lipinski definition) is 6. The van der Waals surface area contributed by atoms with Crippen LogP contribution in [0.4, 0.5) is 5.13 Å². The van der Waals surface area contributed by atoms with Gasteiger partial charge in [-0.2, -0.15) is 0 Å². The zero-order valence-corrected chi connectivity index (χ0v) is 15.6. The summed E-state index contributed by atoms with van der Waals surface area (Å²) in [7, 11) is 0. The van der Waals surface area contributed by atoms with Crippen LogP contribution in [0.1, 0.15) is 54.0 Å². The summed E-state index contributed by atoms with van der Waals surface area (Å²) in [4.78, 5) is 15.0. The summed E-state index contributed by atoms with van der Waals surface area (Å²) in [6.45, 7) is 7.09. The van der Waals surface area contributed by atoms with Crippen LogP contribution in [0.3, 0.4) is 0 Å². The van der Waals surface area contributed by atoms with Crippen molar-refractivity contribution in [2.75, 3.05) is 18.8 Å². The number of piperidine rings is 1. The molecule has 1 aromatic heterocycles. The lowest BCUT2D eigenvalue weighted by molar-refractivity contribution is 0.0911. The molecular formula is C18H25N5OS. The van der Waals surface area contributed by atoms with Crippen molar-refractivity contribution in [1.82, 2.24) is 20.4 Å². The van der Waals surface area contributed by atoms with E-state index >= 15 is 0 Å². The van der Waals surface area contributed by atoms with E-state index in [1.165, 1.54) is 49.3 Å². The highest BCUT2D eigenvalue weighted by Crippen LogP contribution is 2.25. The van der Waals surface area contributed by atoms with Gasteiger partial charge in [-0.15, -0.1) is 10.2 Å². The Hall–Kier alpha value is -1.99. The number of anilines is 1. The van der Waals surface area contributed by atoms with Gasteiger partial charge in [0, 0.05) is 12.1 Å². The lowest BCUT2D eigenvalue weighted by Crippen LogP contribution is -2.41. The Labute approximate surface area is 152 Å². The van der Waals surface area contributed by atoms with Gasteiger partial charge in [0.15, 0.2) is 0 Å². The maximum Gasteiger partial charge on any atom is 0.252 e. The molecule has 0 atom stereocenters. The molecule has 3 N–H and O–H groups in total. The van der Waals surface area contributed by atoms with Crippen LogP contribution in [0.15, 0.2) is 24.3 Å². The molecular weight excluding hydrogens is 334 g/mol. The van der Waals surface area contributed by atoms with Gasteiger partial charge in [0.25, 0.3) is 5.91 Å². The zero-order chi connectivity index (χ0) is 17.9. The average Bonchev–Trinajstić information content (AvgIpc) is 3.03. The number of aromatic nitrogens is 2. The maximum absolute atomic E-state index is 12.5. The molecule has 0 saturated carbocycles. The van der Waals surface area contributed by atoms with Crippen LogP contribution in [0.25, 0.3) is 0 Å². The molecule has 6 nitrogen and oxygen atoms in total. The third-order valence-electron chi connectivity index (χ3n) is 4.47. The fraction of sp³-hybridized carbons (Fsp3) is 0.500. The number of nitrogens with zero attached hydrogens (tertiary/aromatic N) is 3. The molecule has 25 heavy (non-hydrogen) atoms. The van der Waals surface area contributed by atoms with Crippen molar-refractivity contribution in [1.29, 1.82) is 0 Å². The van der Waals surface area contributed by atoms with Crippen LogP contribution in [0, 0.1) is 0 Å². The van der Waals surface area contributed by atoms with Crippen LogP contribution in [-0.2, 0) is 12.1 Å². The second-order valence-electron chi connectivity index (χ2n) is 7.06. The molecule has 134 valence electrons. The van der Waals surface area contributed by atoms with E-state index in [9.17, 15) is 4.79 Å². The largest absolute Gasteiger partial charge is 0.374 e. The van der Waals surface area contributed by atoms with Gasteiger partial charge >= 0.3 is 0 Å². The van der Waals surface area contributed by atoms with Crippen molar-refractivity contribution < 1.29 is 4.79 Å². The van der Waals surface area contributed by atoms with Crippen molar-refractivity contribution in [3.05, 3.63) is 40.4 Å². The monoisotopic (exact) mass is 359 g/mol. The summed E-state index contributed by atoms with van der Waals surface area (Å²) in [6, 6.07) is 7.86. The first-order valence-electron chi connectivity index (χ1n) is 8.67. The first-order chi connectivity index (χ1) is 11.9. The van der Waals surface area contributed by atoms with Crippen LogP contribution in [-0.4, -0.2) is 34.1 Å². The van der Waals surface area contributed by atoms with Gasteiger partial charge in [-0.3, -0.25) is 9.69 Å². The molecule has 1 amide bonds. The van der Waals surface area contributed by atoms with E-state index in [-0.39, 0.29) is 5.91 Å². The van der Waals surface area contributed by atoms with Gasteiger partial charge in [0.05, 0.1) is 5.54 Å². The van der Waals surface area contributed by atoms with Crippen molar-refractivity contribution >= 4 is 22.4 Å². The highest BCUT2D eigenvalue weighted by atomic mass is 32.1. The number of nitrogens with one attached hydrogen (secondary N) is 1. The molecule has 2 heterocycles. The molecule has 1 fully saturated rings. The zero-order valence-electron chi connectivity index (χ0n) is 14.8. The molecule has 1 aromatic carbocycles. The first-order valence-corrected chi connectivity index (χ1v) is 9.49. The number of carbonyl (C=O) groups excluding carboxylic acids is 1. The fourth-order valence-electron chi connectivity index (χ4n) is 3.03. The molecule has 0 spiro atoms. The Morgan fingerprint density at radius 1 is 1.20 bits per heavy atom. The van der Waals surface area contributed by atoms with Crippen molar-refractivity contribution in [2.24, 2.45) is 0 Å². The molecule has 1 aliphatic heterocycles. The number of likely N-dealkylation sites (tertiary alicyclic amines) is 1. The van der Waals surface area contributed by atoms with E-state index in [0.29, 0.717) is 15.7 Å². The van der Waals surface area contributed by atoms with Crippen molar-refractivity contribution in [3.63, 3.8) is 0 Å². The fourth-order valence-corrected chi connectivity index (χ4v) is 3.70. The Morgan fingerprint density at radius 3 is 2.48 bits per heavy atom. The molecule has 0 bridgehead atoms. The number of amides is 1. The highest BCUT2D eigenvalue weighted by Gasteiger charge is 2.27. The Morgan fingerprint density at radius 2 is 1.88 bits per heavy atom. The van der Waals surface area contributed by atoms with Crippen LogP contribution in [0.5, 0.6) is 0 Å². The standard InChI is InChI=1S/C18H25N5OS/c1-18(2,16-21-22-17(19)25-16)20-15(24)14-8-6-13(7-9-14)12-23-10-4-3-5-11-23/h6-9H,3-5,10-12H2,1-2H3,(H2,19,22)(H,20,24). The second kappa shape index (κ2) is 7.49. The first kappa shape index (κ1) is 17.8. The molecule has 3 rings (SSSR count). The van der Waals surface area contributed by atoms with E-state index in [1.54, 1.807) is 0 Å². The summed E-state index contributed by atoms with van der Waals surface area (Å²) < 4.78 is 0. The number of nitrogen functional groups attached to an aromatic ring is 1. The summed E-state index contributed by atoms with van der Waals surface area (Å²) >= 11 is 1.29. The predicted octanol–water partition coefficient (Wildman–Crippen LogP) is 2.77. The summed E-state index contributed by atoms with van der Waals surface area (Å²) in [5.41, 5.74) is 6.92. The number of carbonyl (C=O) groups is 1. The van der Waals surface area contributed by atoms with Crippen LogP contribution < -0.4 is 11.1 Å². The van der Waals surface area contributed by atoms with Gasteiger partial charge in [-0.05, 0) is 57.5 Å². The molecule has 1 saturated heterocycles. The third-order valence-corrected chi connectivity index (χ3v) is 5.55. The van der Waals surface area contributed by atoms with Gasteiger partial charge in [0.2, 0.25) is 5.13 Å². The van der Waals surface area contributed by atoms with Gasteiger partial charge < -0.3 is 11.1 Å². The molecule has 0 unspecified atom stereocenters. The van der Waals surface area contributed by atoms with Gasteiger partial charge in [0.1, 0.15) is 5.01 Å². The van der Waals surface area contributed by atoms with Crippen molar-refractivity contribution in [2.45, 2.75) is 45.2 Å². The van der Waals surface area contributed by atoms with E-state index in [0.717, 1.165) is 6.54 Å².